The lowest BCUT2D eigenvalue weighted by atomic mass is 10.2. The van der Waals surface area contributed by atoms with E-state index in [9.17, 15) is 4.79 Å². The molecular formula is C13H12Cl2N2O2. The van der Waals surface area contributed by atoms with Gasteiger partial charge in [0.15, 0.2) is 0 Å². The quantitative estimate of drug-likeness (QED) is 0.879. The van der Waals surface area contributed by atoms with Crippen LogP contribution in [0.15, 0.2) is 24.4 Å². The van der Waals surface area contributed by atoms with Crippen LogP contribution < -0.4 is 0 Å². The monoisotopic (exact) mass is 298 g/mol. The topological polar surface area (TPSA) is 55.0 Å². The van der Waals surface area contributed by atoms with Gasteiger partial charge in [-0.3, -0.25) is 4.79 Å². The molecule has 1 aromatic heterocycles. The van der Waals surface area contributed by atoms with Crippen LogP contribution in [0, 0.1) is 0 Å². The molecule has 100 valence electrons. The highest BCUT2D eigenvalue weighted by Crippen LogP contribution is 2.27. The van der Waals surface area contributed by atoms with Crippen molar-refractivity contribution in [2.75, 3.05) is 6.61 Å². The second-order valence-corrected chi connectivity index (χ2v) is 4.68. The third-order valence-electron chi connectivity index (χ3n) is 2.46. The second kappa shape index (κ2) is 6.08. The molecule has 0 saturated carbocycles. The molecule has 0 atom stereocenters. The fourth-order valence-corrected chi connectivity index (χ4v) is 1.90. The lowest BCUT2D eigenvalue weighted by Crippen LogP contribution is -2.07. The average molecular weight is 299 g/mol. The van der Waals surface area contributed by atoms with Gasteiger partial charge in [-0.05, 0) is 25.1 Å². The molecule has 2 aromatic rings. The highest BCUT2D eigenvalue weighted by Gasteiger charge is 2.09. The van der Waals surface area contributed by atoms with Crippen LogP contribution in [-0.2, 0) is 16.0 Å². The lowest BCUT2D eigenvalue weighted by Gasteiger charge is -2.00. The molecule has 0 amide bonds. The minimum atomic E-state index is -0.285. The Hall–Kier alpha value is -1.52. The standard InChI is InChI=1S/C13H12Cl2N2O2/c1-2-19-12(18)6-9-7-16-13(17-9)8-3-4-10(14)11(15)5-8/h3-5,7H,2,6H2,1H3,(H,16,17). The Kier molecular flexibility index (Phi) is 4.45. The largest absolute Gasteiger partial charge is 0.466 e. The second-order valence-electron chi connectivity index (χ2n) is 3.87. The first-order valence-electron chi connectivity index (χ1n) is 5.75. The highest BCUT2D eigenvalue weighted by atomic mass is 35.5. The first-order valence-corrected chi connectivity index (χ1v) is 6.50. The Morgan fingerprint density at radius 2 is 2.16 bits per heavy atom. The van der Waals surface area contributed by atoms with Gasteiger partial charge in [0, 0.05) is 17.5 Å². The molecule has 1 aromatic carbocycles. The molecule has 6 heteroatoms. The van der Waals surface area contributed by atoms with E-state index in [0.29, 0.717) is 28.2 Å². The summed E-state index contributed by atoms with van der Waals surface area (Å²) in [6, 6.07) is 5.23. The van der Waals surface area contributed by atoms with Crippen LogP contribution >= 0.6 is 23.2 Å². The number of nitrogens with zero attached hydrogens (tertiary/aromatic N) is 1. The molecule has 1 N–H and O–H groups in total. The number of aromatic amines is 1. The van der Waals surface area contributed by atoms with Crippen LogP contribution in [0.1, 0.15) is 12.6 Å². The number of aromatic nitrogens is 2. The number of hydrogen-bond donors (Lipinski definition) is 1. The van der Waals surface area contributed by atoms with Crippen molar-refractivity contribution < 1.29 is 9.53 Å². The Morgan fingerprint density at radius 1 is 1.37 bits per heavy atom. The number of halogens is 2. The molecule has 1 heterocycles. The Balaban J connectivity index is 2.16. The molecule has 0 unspecified atom stereocenters. The fourth-order valence-electron chi connectivity index (χ4n) is 1.61. The van der Waals surface area contributed by atoms with Crippen molar-refractivity contribution >= 4 is 29.2 Å². The van der Waals surface area contributed by atoms with E-state index in [1.807, 2.05) is 0 Å². The Morgan fingerprint density at radius 3 is 2.84 bits per heavy atom. The normalized spacial score (nSPS) is 10.5. The van der Waals surface area contributed by atoms with Gasteiger partial charge in [0.1, 0.15) is 5.82 Å². The molecule has 0 fully saturated rings. The number of carbonyl (C=O) groups is 1. The predicted molar refractivity (Wildman–Crippen MR) is 74.4 cm³/mol. The molecule has 0 aliphatic rings. The summed E-state index contributed by atoms with van der Waals surface area (Å²) in [5.41, 5.74) is 1.50. The molecule has 0 aliphatic heterocycles. The van der Waals surface area contributed by atoms with E-state index in [4.69, 9.17) is 27.9 Å². The van der Waals surface area contributed by atoms with Crippen LogP contribution in [-0.4, -0.2) is 22.5 Å². The zero-order chi connectivity index (χ0) is 13.8. The van der Waals surface area contributed by atoms with Crippen LogP contribution in [0.3, 0.4) is 0 Å². The van der Waals surface area contributed by atoms with E-state index in [2.05, 4.69) is 9.97 Å². The van der Waals surface area contributed by atoms with Crippen molar-refractivity contribution in [2.24, 2.45) is 0 Å². The summed E-state index contributed by atoms with van der Waals surface area (Å²) in [4.78, 5) is 18.6. The fraction of sp³-hybridized carbons (Fsp3) is 0.231. The third kappa shape index (κ3) is 3.49. The van der Waals surface area contributed by atoms with E-state index < -0.39 is 0 Å². The van der Waals surface area contributed by atoms with E-state index >= 15 is 0 Å². The summed E-state index contributed by atoms with van der Waals surface area (Å²) in [7, 11) is 0. The first-order chi connectivity index (χ1) is 9.10. The van der Waals surface area contributed by atoms with Crippen molar-refractivity contribution in [3.05, 3.63) is 40.1 Å². The van der Waals surface area contributed by atoms with Gasteiger partial charge in [-0.2, -0.15) is 0 Å². The van der Waals surface area contributed by atoms with Gasteiger partial charge in [-0.1, -0.05) is 23.2 Å². The van der Waals surface area contributed by atoms with Crippen LogP contribution in [0.2, 0.25) is 10.0 Å². The van der Waals surface area contributed by atoms with Crippen LogP contribution in [0.5, 0.6) is 0 Å². The smallest absolute Gasteiger partial charge is 0.311 e. The molecule has 0 radical (unpaired) electrons. The molecular weight excluding hydrogens is 287 g/mol. The van der Waals surface area contributed by atoms with Gasteiger partial charge in [0.05, 0.1) is 23.1 Å². The summed E-state index contributed by atoms with van der Waals surface area (Å²) >= 11 is 11.8. The summed E-state index contributed by atoms with van der Waals surface area (Å²) in [6.07, 6.45) is 1.77. The molecule has 19 heavy (non-hydrogen) atoms. The first kappa shape index (κ1) is 13.9. The van der Waals surface area contributed by atoms with Crippen molar-refractivity contribution in [3.8, 4) is 11.4 Å². The van der Waals surface area contributed by atoms with E-state index in [1.165, 1.54) is 0 Å². The Bertz CT molecular complexity index is 596. The van der Waals surface area contributed by atoms with Gasteiger partial charge in [-0.25, -0.2) is 4.98 Å². The van der Waals surface area contributed by atoms with Crippen LogP contribution in [0.25, 0.3) is 11.4 Å². The number of benzene rings is 1. The molecule has 0 aliphatic carbocycles. The van der Waals surface area contributed by atoms with Gasteiger partial charge >= 0.3 is 5.97 Å². The van der Waals surface area contributed by atoms with E-state index in [0.717, 1.165) is 5.56 Å². The van der Waals surface area contributed by atoms with E-state index in [1.54, 1.807) is 31.3 Å². The number of nitrogens with one attached hydrogen (secondary N) is 1. The summed E-state index contributed by atoms with van der Waals surface area (Å²) in [5.74, 6) is 0.352. The van der Waals surface area contributed by atoms with Gasteiger partial charge < -0.3 is 9.72 Å². The number of esters is 1. The van der Waals surface area contributed by atoms with Crippen molar-refractivity contribution in [1.29, 1.82) is 0 Å². The SMILES string of the molecule is CCOC(=O)Cc1cnc(-c2ccc(Cl)c(Cl)c2)[nH]1. The van der Waals surface area contributed by atoms with Gasteiger partial charge in [0.2, 0.25) is 0 Å². The zero-order valence-corrected chi connectivity index (χ0v) is 11.8. The minimum Gasteiger partial charge on any atom is -0.466 e. The highest BCUT2D eigenvalue weighted by molar-refractivity contribution is 6.42. The molecule has 4 nitrogen and oxygen atoms in total. The summed E-state index contributed by atoms with van der Waals surface area (Å²) in [6.45, 7) is 2.14. The molecule has 0 bridgehead atoms. The minimum absolute atomic E-state index is 0.169. The van der Waals surface area contributed by atoms with Gasteiger partial charge in [-0.15, -0.1) is 0 Å². The number of H-pyrrole nitrogens is 1. The number of imidazole rings is 1. The van der Waals surface area contributed by atoms with E-state index in [-0.39, 0.29) is 12.4 Å². The third-order valence-corrected chi connectivity index (χ3v) is 3.20. The van der Waals surface area contributed by atoms with Gasteiger partial charge in [0.25, 0.3) is 0 Å². The summed E-state index contributed by atoms with van der Waals surface area (Å²) in [5, 5.41) is 0.950. The maximum absolute atomic E-state index is 11.3. The number of carbonyl (C=O) groups excluding carboxylic acids is 1. The number of ether oxygens (including phenoxy) is 1. The number of rotatable bonds is 4. The maximum Gasteiger partial charge on any atom is 0.311 e. The molecule has 0 saturated heterocycles. The Labute approximate surface area is 120 Å². The van der Waals surface area contributed by atoms with Crippen LogP contribution in [0.4, 0.5) is 0 Å². The van der Waals surface area contributed by atoms with Crippen molar-refractivity contribution in [1.82, 2.24) is 9.97 Å². The van der Waals surface area contributed by atoms with Crippen molar-refractivity contribution in [3.63, 3.8) is 0 Å². The lowest BCUT2D eigenvalue weighted by molar-refractivity contribution is -0.142. The molecule has 0 spiro atoms. The number of hydrogen-bond acceptors (Lipinski definition) is 3. The van der Waals surface area contributed by atoms with Crippen molar-refractivity contribution in [2.45, 2.75) is 13.3 Å². The molecule has 2 rings (SSSR count). The zero-order valence-electron chi connectivity index (χ0n) is 10.2. The maximum atomic E-state index is 11.3. The average Bonchev–Trinajstić information content (AvgIpc) is 2.81. The predicted octanol–water partition coefficient (Wildman–Crippen LogP) is 3.49. The summed E-state index contributed by atoms with van der Waals surface area (Å²) < 4.78 is 4.87.